The van der Waals surface area contributed by atoms with Crippen LogP contribution >= 0.6 is 0 Å². The Balaban J connectivity index is 2.19. The Kier molecular flexibility index (Phi) is 3.97. The molecule has 1 unspecified atom stereocenters. The molecule has 104 valence electrons. The first-order valence-corrected chi connectivity index (χ1v) is 6.39. The molecule has 0 radical (unpaired) electrons. The summed E-state index contributed by atoms with van der Waals surface area (Å²) >= 11 is 0. The first-order valence-electron chi connectivity index (χ1n) is 6.39. The molecular formula is C13H16F2N2O2. The third kappa shape index (κ3) is 3.00. The van der Waals surface area contributed by atoms with Gasteiger partial charge in [0.15, 0.2) is 0 Å². The van der Waals surface area contributed by atoms with Crippen LogP contribution in [0.2, 0.25) is 0 Å². The number of hydrogen-bond donors (Lipinski definition) is 1. The summed E-state index contributed by atoms with van der Waals surface area (Å²) in [5, 5.41) is 13.6. The van der Waals surface area contributed by atoms with Gasteiger partial charge in [-0.25, -0.2) is 4.39 Å². The fraction of sp³-hybridized carbons (Fsp3) is 0.538. The summed E-state index contributed by atoms with van der Waals surface area (Å²) in [6.45, 7) is 1.92. The lowest BCUT2D eigenvalue weighted by molar-refractivity contribution is -0.387. The lowest BCUT2D eigenvalue weighted by atomic mass is 9.99. The van der Waals surface area contributed by atoms with Gasteiger partial charge in [-0.1, -0.05) is 12.8 Å². The maximum atomic E-state index is 13.6. The number of nitro benzene ring substituents is 1. The van der Waals surface area contributed by atoms with Crippen molar-refractivity contribution < 1.29 is 13.7 Å². The minimum Gasteiger partial charge on any atom is -0.380 e. The van der Waals surface area contributed by atoms with Crippen LogP contribution in [0, 0.1) is 27.7 Å². The van der Waals surface area contributed by atoms with E-state index in [1.807, 2.05) is 6.92 Å². The number of rotatable bonds is 4. The van der Waals surface area contributed by atoms with E-state index >= 15 is 0 Å². The quantitative estimate of drug-likeness (QED) is 0.667. The summed E-state index contributed by atoms with van der Waals surface area (Å²) < 4.78 is 26.8. The second-order valence-electron chi connectivity index (χ2n) is 5.02. The first-order chi connectivity index (χ1) is 8.99. The van der Waals surface area contributed by atoms with E-state index in [1.165, 1.54) is 0 Å². The molecule has 0 amide bonds. The molecule has 1 aromatic carbocycles. The molecule has 0 spiro atoms. The Labute approximate surface area is 110 Å². The normalized spacial score (nSPS) is 17.4. The third-order valence-corrected chi connectivity index (χ3v) is 3.72. The van der Waals surface area contributed by atoms with Gasteiger partial charge in [-0.2, -0.15) is 4.39 Å². The van der Waals surface area contributed by atoms with Gasteiger partial charge in [0.05, 0.1) is 10.6 Å². The predicted molar refractivity (Wildman–Crippen MR) is 68.1 cm³/mol. The molecule has 0 aliphatic heterocycles. The van der Waals surface area contributed by atoms with Crippen LogP contribution in [0.4, 0.5) is 20.2 Å². The highest BCUT2D eigenvalue weighted by atomic mass is 19.1. The van der Waals surface area contributed by atoms with Gasteiger partial charge in [-0.3, -0.25) is 10.1 Å². The number of benzene rings is 1. The molecule has 1 fully saturated rings. The fourth-order valence-electron chi connectivity index (χ4n) is 2.61. The van der Waals surface area contributed by atoms with Crippen molar-refractivity contribution in [2.75, 3.05) is 5.32 Å². The maximum absolute atomic E-state index is 13.6. The summed E-state index contributed by atoms with van der Waals surface area (Å²) in [7, 11) is 0. The molecule has 0 heterocycles. The zero-order valence-corrected chi connectivity index (χ0v) is 10.7. The van der Waals surface area contributed by atoms with Crippen molar-refractivity contribution in [1.29, 1.82) is 0 Å². The molecule has 1 aliphatic carbocycles. The van der Waals surface area contributed by atoms with Crippen LogP contribution in [0.3, 0.4) is 0 Å². The number of nitrogens with one attached hydrogen (secondary N) is 1. The smallest absolute Gasteiger partial charge is 0.307 e. The van der Waals surface area contributed by atoms with Gasteiger partial charge >= 0.3 is 5.69 Å². The summed E-state index contributed by atoms with van der Waals surface area (Å²) in [5.41, 5.74) is -0.713. The highest BCUT2D eigenvalue weighted by Gasteiger charge is 2.24. The zero-order chi connectivity index (χ0) is 14.0. The lowest BCUT2D eigenvalue weighted by Gasteiger charge is -2.21. The summed E-state index contributed by atoms with van der Waals surface area (Å²) in [4.78, 5) is 9.80. The van der Waals surface area contributed by atoms with E-state index in [9.17, 15) is 18.9 Å². The number of anilines is 1. The summed E-state index contributed by atoms with van der Waals surface area (Å²) in [6, 6.07) is 1.50. The van der Waals surface area contributed by atoms with Crippen LogP contribution in [0.5, 0.6) is 0 Å². The largest absolute Gasteiger partial charge is 0.380 e. The fourth-order valence-corrected chi connectivity index (χ4v) is 2.61. The number of halogens is 2. The summed E-state index contributed by atoms with van der Waals surface area (Å²) in [6.07, 6.45) is 4.45. The highest BCUT2D eigenvalue weighted by molar-refractivity contribution is 5.53. The van der Waals surface area contributed by atoms with E-state index in [1.54, 1.807) is 0 Å². The molecule has 0 aromatic heterocycles. The minimum absolute atomic E-state index is 0.00694. The van der Waals surface area contributed by atoms with Crippen molar-refractivity contribution in [3.63, 3.8) is 0 Å². The van der Waals surface area contributed by atoms with Crippen LogP contribution < -0.4 is 5.32 Å². The standard InChI is InChI=1S/C13H16F2N2O2/c1-8(9-4-2-3-5-9)16-12-7-13(17(18)19)11(15)6-10(12)14/h6-9,16H,2-5H2,1H3. The Morgan fingerprint density at radius 1 is 1.32 bits per heavy atom. The van der Waals surface area contributed by atoms with Crippen LogP contribution in [-0.2, 0) is 0 Å². The van der Waals surface area contributed by atoms with Crippen LogP contribution in [0.15, 0.2) is 12.1 Å². The van der Waals surface area contributed by atoms with Gasteiger partial charge in [0.2, 0.25) is 5.82 Å². The van der Waals surface area contributed by atoms with Gasteiger partial charge in [0.25, 0.3) is 0 Å². The number of nitro groups is 1. The van der Waals surface area contributed by atoms with Crippen LogP contribution in [-0.4, -0.2) is 11.0 Å². The average Bonchev–Trinajstić information content (AvgIpc) is 2.85. The Morgan fingerprint density at radius 2 is 1.95 bits per heavy atom. The van der Waals surface area contributed by atoms with E-state index < -0.39 is 22.2 Å². The monoisotopic (exact) mass is 270 g/mol. The van der Waals surface area contributed by atoms with Gasteiger partial charge in [-0.15, -0.1) is 0 Å². The van der Waals surface area contributed by atoms with Crippen molar-refractivity contribution in [1.82, 2.24) is 0 Å². The molecule has 1 saturated carbocycles. The first kappa shape index (κ1) is 13.7. The maximum Gasteiger partial charge on any atom is 0.307 e. The average molecular weight is 270 g/mol. The van der Waals surface area contributed by atoms with E-state index in [2.05, 4.69) is 5.32 Å². The van der Waals surface area contributed by atoms with Gasteiger partial charge in [0, 0.05) is 18.2 Å². The molecule has 0 bridgehead atoms. The Morgan fingerprint density at radius 3 is 2.53 bits per heavy atom. The molecule has 0 saturated heterocycles. The molecule has 4 nitrogen and oxygen atoms in total. The minimum atomic E-state index is -1.15. The van der Waals surface area contributed by atoms with E-state index in [0.717, 1.165) is 31.7 Å². The van der Waals surface area contributed by atoms with Crippen molar-refractivity contribution in [3.8, 4) is 0 Å². The molecule has 1 aromatic rings. The molecular weight excluding hydrogens is 254 g/mol. The van der Waals surface area contributed by atoms with E-state index in [4.69, 9.17) is 0 Å². The Bertz CT molecular complexity index is 488. The highest BCUT2D eigenvalue weighted by Crippen LogP contribution is 2.31. The van der Waals surface area contributed by atoms with Crippen molar-refractivity contribution >= 4 is 11.4 Å². The van der Waals surface area contributed by atoms with Crippen molar-refractivity contribution in [2.45, 2.75) is 38.6 Å². The molecule has 1 N–H and O–H groups in total. The lowest BCUT2D eigenvalue weighted by Crippen LogP contribution is -2.24. The third-order valence-electron chi connectivity index (χ3n) is 3.72. The number of hydrogen-bond acceptors (Lipinski definition) is 3. The van der Waals surface area contributed by atoms with Gasteiger partial charge < -0.3 is 5.32 Å². The molecule has 2 rings (SSSR count). The van der Waals surface area contributed by atoms with Crippen molar-refractivity contribution in [3.05, 3.63) is 33.9 Å². The zero-order valence-electron chi connectivity index (χ0n) is 10.7. The van der Waals surface area contributed by atoms with E-state index in [-0.39, 0.29) is 11.7 Å². The SMILES string of the molecule is CC(Nc1cc([N+](=O)[O-])c(F)cc1F)C1CCCC1. The number of nitrogens with zero attached hydrogens (tertiary/aromatic N) is 1. The molecule has 1 aliphatic rings. The topological polar surface area (TPSA) is 55.2 Å². The van der Waals surface area contributed by atoms with E-state index in [0.29, 0.717) is 12.0 Å². The molecule has 6 heteroatoms. The van der Waals surface area contributed by atoms with Crippen LogP contribution in [0.1, 0.15) is 32.6 Å². The predicted octanol–water partition coefficient (Wildman–Crippen LogP) is 3.86. The van der Waals surface area contributed by atoms with Gasteiger partial charge in [-0.05, 0) is 25.7 Å². The second-order valence-corrected chi connectivity index (χ2v) is 5.02. The van der Waals surface area contributed by atoms with Crippen molar-refractivity contribution in [2.24, 2.45) is 5.92 Å². The second kappa shape index (κ2) is 5.50. The van der Waals surface area contributed by atoms with Crippen LogP contribution in [0.25, 0.3) is 0 Å². The van der Waals surface area contributed by atoms with Gasteiger partial charge in [0.1, 0.15) is 5.82 Å². The summed E-state index contributed by atoms with van der Waals surface area (Å²) in [5.74, 6) is -1.52. The molecule has 19 heavy (non-hydrogen) atoms. The Hall–Kier alpha value is -1.72. The molecule has 1 atom stereocenters.